The molecule has 4 nitrogen and oxygen atoms in total. The van der Waals surface area contributed by atoms with Crippen LogP contribution in [0.5, 0.6) is 0 Å². The van der Waals surface area contributed by atoms with Crippen LogP contribution in [0.1, 0.15) is 24.4 Å². The highest BCUT2D eigenvalue weighted by atomic mass is 16.5. The molecule has 1 atom stereocenters. The Balaban J connectivity index is 2.01. The summed E-state index contributed by atoms with van der Waals surface area (Å²) in [5.74, 6) is 1.13. The van der Waals surface area contributed by atoms with E-state index in [1.807, 2.05) is 0 Å². The predicted octanol–water partition coefficient (Wildman–Crippen LogP) is 1.80. The maximum Gasteiger partial charge on any atom is 0.109 e. The first-order valence-electron chi connectivity index (χ1n) is 6.56. The number of morpholine rings is 1. The second-order valence-electron chi connectivity index (χ2n) is 4.77. The number of hydrogen-bond acceptors (Lipinski definition) is 3. The van der Waals surface area contributed by atoms with Crippen molar-refractivity contribution in [3.8, 4) is 0 Å². The third-order valence-electron chi connectivity index (χ3n) is 3.64. The fourth-order valence-corrected chi connectivity index (χ4v) is 2.57. The Labute approximate surface area is 107 Å². The van der Waals surface area contributed by atoms with Gasteiger partial charge in [-0.3, -0.25) is 0 Å². The fraction of sp³-hybridized carbons (Fsp3) is 0.500. The van der Waals surface area contributed by atoms with Gasteiger partial charge in [0.05, 0.1) is 30.3 Å². The van der Waals surface area contributed by atoms with Gasteiger partial charge in [-0.05, 0) is 17.7 Å². The Kier molecular flexibility index (Phi) is 3.06. The molecule has 1 N–H and O–H groups in total. The molecule has 96 valence electrons. The summed E-state index contributed by atoms with van der Waals surface area (Å²) < 4.78 is 7.70. The first-order valence-corrected chi connectivity index (χ1v) is 6.56. The molecule has 0 saturated carbocycles. The van der Waals surface area contributed by atoms with Gasteiger partial charge in [-0.15, -0.1) is 0 Å². The molecular formula is C14H19N3O. The van der Waals surface area contributed by atoms with Crippen molar-refractivity contribution in [1.29, 1.82) is 0 Å². The number of benzene rings is 1. The molecule has 0 spiro atoms. The maximum absolute atomic E-state index is 5.52. The van der Waals surface area contributed by atoms with Crippen LogP contribution in [0.15, 0.2) is 18.2 Å². The monoisotopic (exact) mass is 245 g/mol. The molecule has 1 unspecified atom stereocenters. The van der Waals surface area contributed by atoms with Crippen LogP contribution in [-0.4, -0.2) is 29.3 Å². The molecule has 18 heavy (non-hydrogen) atoms. The van der Waals surface area contributed by atoms with Crippen LogP contribution in [0, 0.1) is 0 Å². The maximum atomic E-state index is 5.52. The van der Waals surface area contributed by atoms with Gasteiger partial charge < -0.3 is 14.6 Å². The van der Waals surface area contributed by atoms with Crippen molar-refractivity contribution in [1.82, 2.24) is 14.9 Å². The number of nitrogens with zero attached hydrogens (tertiary/aromatic N) is 2. The Hall–Kier alpha value is -1.39. The number of nitrogens with one attached hydrogen (secondary N) is 1. The van der Waals surface area contributed by atoms with E-state index < -0.39 is 0 Å². The van der Waals surface area contributed by atoms with E-state index in [1.165, 1.54) is 11.1 Å². The molecule has 2 aromatic rings. The summed E-state index contributed by atoms with van der Waals surface area (Å²) >= 11 is 0. The Morgan fingerprint density at radius 2 is 2.39 bits per heavy atom. The molecule has 0 amide bonds. The number of ether oxygens (including phenoxy) is 1. The third kappa shape index (κ3) is 1.91. The van der Waals surface area contributed by atoms with Crippen molar-refractivity contribution in [2.24, 2.45) is 7.05 Å². The highest BCUT2D eigenvalue weighted by Crippen LogP contribution is 2.22. The molecule has 2 heterocycles. The lowest BCUT2D eigenvalue weighted by Crippen LogP contribution is -2.34. The highest BCUT2D eigenvalue weighted by molar-refractivity contribution is 5.77. The average Bonchev–Trinajstić information content (AvgIpc) is 2.76. The first kappa shape index (κ1) is 11.7. The molecule has 4 heteroatoms. The minimum absolute atomic E-state index is 0.308. The molecule has 1 aromatic heterocycles. The molecular weight excluding hydrogens is 226 g/mol. The Bertz CT molecular complexity index is 555. The predicted molar refractivity (Wildman–Crippen MR) is 71.7 cm³/mol. The molecule has 0 radical (unpaired) electrons. The fourth-order valence-electron chi connectivity index (χ4n) is 2.57. The lowest BCUT2D eigenvalue weighted by molar-refractivity contribution is 0.0769. The van der Waals surface area contributed by atoms with Crippen LogP contribution in [0.2, 0.25) is 0 Å². The minimum Gasteiger partial charge on any atom is -0.378 e. The van der Waals surface area contributed by atoms with Crippen LogP contribution in [0.4, 0.5) is 0 Å². The van der Waals surface area contributed by atoms with E-state index in [4.69, 9.17) is 4.74 Å². The first-order chi connectivity index (χ1) is 8.79. The molecule has 1 aliphatic rings. The summed E-state index contributed by atoms with van der Waals surface area (Å²) in [6, 6.07) is 6.80. The van der Waals surface area contributed by atoms with Gasteiger partial charge in [-0.25, -0.2) is 4.98 Å². The van der Waals surface area contributed by atoms with E-state index in [0.29, 0.717) is 6.04 Å². The van der Waals surface area contributed by atoms with Crippen LogP contribution in [-0.2, 0) is 18.2 Å². The summed E-state index contributed by atoms with van der Waals surface area (Å²) in [4.78, 5) is 4.63. The van der Waals surface area contributed by atoms with Gasteiger partial charge in [0.15, 0.2) is 0 Å². The summed E-state index contributed by atoms with van der Waals surface area (Å²) in [6.07, 6.45) is 0.964. The van der Waals surface area contributed by atoms with E-state index in [9.17, 15) is 0 Å². The smallest absolute Gasteiger partial charge is 0.109 e. The number of rotatable bonds is 2. The number of fused-ring (bicyclic) bond motifs is 1. The lowest BCUT2D eigenvalue weighted by atomic mass is 10.1. The van der Waals surface area contributed by atoms with Crippen molar-refractivity contribution < 1.29 is 4.74 Å². The van der Waals surface area contributed by atoms with Crippen molar-refractivity contribution in [2.45, 2.75) is 19.4 Å². The zero-order chi connectivity index (χ0) is 12.5. The van der Waals surface area contributed by atoms with Gasteiger partial charge in [0.1, 0.15) is 5.82 Å². The van der Waals surface area contributed by atoms with Crippen LogP contribution in [0.3, 0.4) is 0 Å². The average molecular weight is 245 g/mol. The van der Waals surface area contributed by atoms with E-state index >= 15 is 0 Å². The minimum atomic E-state index is 0.308. The molecule has 1 fully saturated rings. The number of imidazole rings is 1. The van der Waals surface area contributed by atoms with E-state index in [1.54, 1.807) is 0 Å². The summed E-state index contributed by atoms with van der Waals surface area (Å²) in [5.41, 5.74) is 3.57. The van der Waals surface area contributed by atoms with Gasteiger partial charge in [-0.2, -0.15) is 0 Å². The number of aromatic nitrogens is 2. The summed E-state index contributed by atoms with van der Waals surface area (Å²) in [7, 11) is 2.09. The van der Waals surface area contributed by atoms with Gasteiger partial charge in [0, 0.05) is 20.0 Å². The molecule has 0 aliphatic carbocycles. The van der Waals surface area contributed by atoms with E-state index in [2.05, 4.69) is 47.0 Å². The van der Waals surface area contributed by atoms with Crippen molar-refractivity contribution in [3.63, 3.8) is 0 Å². The van der Waals surface area contributed by atoms with Gasteiger partial charge in [-0.1, -0.05) is 13.0 Å². The van der Waals surface area contributed by atoms with Crippen LogP contribution < -0.4 is 5.32 Å². The zero-order valence-electron chi connectivity index (χ0n) is 10.9. The van der Waals surface area contributed by atoms with Crippen LogP contribution >= 0.6 is 0 Å². The molecule has 0 bridgehead atoms. The van der Waals surface area contributed by atoms with Crippen molar-refractivity contribution in [2.75, 3.05) is 19.8 Å². The second kappa shape index (κ2) is 4.71. The molecule has 1 aromatic carbocycles. The SMILES string of the molecule is CCc1nc2ccc(C3COCCN3)cc2n1C. The van der Waals surface area contributed by atoms with Gasteiger partial charge >= 0.3 is 0 Å². The number of hydrogen-bond donors (Lipinski definition) is 1. The standard InChI is InChI=1S/C14H19N3O/c1-3-14-16-11-5-4-10(8-13(11)17(14)2)12-9-18-7-6-15-12/h4-5,8,12,15H,3,6-7,9H2,1-2H3. The summed E-state index contributed by atoms with van der Waals surface area (Å²) in [6.45, 7) is 4.63. The van der Waals surface area contributed by atoms with Gasteiger partial charge in [0.2, 0.25) is 0 Å². The van der Waals surface area contributed by atoms with Crippen molar-refractivity contribution >= 4 is 11.0 Å². The quantitative estimate of drug-likeness (QED) is 0.877. The second-order valence-corrected chi connectivity index (χ2v) is 4.77. The summed E-state index contributed by atoms with van der Waals surface area (Å²) in [5, 5.41) is 3.49. The Morgan fingerprint density at radius 3 is 3.11 bits per heavy atom. The topological polar surface area (TPSA) is 39.1 Å². The zero-order valence-corrected chi connectivity index (χ0v) is 10.9. The third-order valence-corrected chi connectivity index (χ3v) is 3.64. The number of aryl methyl sites for hydroxylation is 2. The molecule has 1 aliphatic heterocycles. The lowest BCUT2D eigenvalue weighted by Gasteiger charge is -2.24. The largest absolute Gasteiger partial charge is 0.378 e. The van der Waals surface area contributed by atoms with Crippen LogP contribution in [0.25, 0.3) is 11.0 Å². The van der Waals surface area contributed by atoms with E-state index in [0.717, 1.165) is 37.5 Å². The van der Waals surface area contributed by atoms with E-state index in [-0.39, 0.29) is 0 Å². The molecule has 1 saturated heterocycles. The van der Waals surface area contributed by atoms with Gasteiger partial charge in [0.25, 0.3) is 0 Å². The van der Waals surface area contributed by atoms with Crippen molar-refractivity contribution in [3.05, 3.63) is 29.6 Å². The Morgan fingerprint density at radius 1 is 1.50 bits per heavy atom. The molecule has 3 rings (SSSR count). The normalized spacial score (nSPS) is 20.4. The highest BCUT2D eigenvalue weighted by Gasteiger charge is 2.16.